The molecule has 0 atom stereocenters. The number of rotatable bonds is 5. The molecule has 2 aromatic rings. The van der Waals surface area contributed by atoms with Gasteiger partial charge in [-0.2, -0.15) is 0 Å². The quantitative estimate of drug-likeness (QED) is 0.760. The van der Waals surface area contributed by atoms with Crippen LogP contribution in [0.2, 0.25) is 0 Å². The first-order chi connectivity index (χ1) is 12.9. The Morgan fingerprint density at radius 2 is 1.74 bits per heavy atom. The highest BCUT2D eigenvalue weighted by Gasteiger charge is 2.51. The number of ether oxygens (including phenoxy) is 1. The lowest BCUT2D eigenvalue weighted by Gasteiger charge is -2.32. The molecule has 0 aliphatic carbocycles. The summed E-state index contributed by atoms with van der Waals surface area (Å²) in [5.74, 6) is 0.856. The Labute approximate surface area is 162 Å². The van der Waals surface area contributed by atoms with E-state index in [0.29, 0.717) is 6.61 Å². The van der Waals surface area contributed by atoms with E-state index in [2.05, 4.69) is 56.9 Å². The standard InChI is InChI=1S/C22H28BNO3/c1-21(2)22(3,4)27-23(26-21)18-9-7-10-19(16-18)25-15-14-24-13-12-17-8-5-6-11-20(17)24/h5-11,16H,12-15H2,1-4H3. The third kappa shape index (κ3) is 3.58. The molecule has 4 nitrogen and oxygen atoms in total. The molecule has 0 N–H and O–H groups in total. The second kappa shape index (κ2) is 6.88. The lowest BCUT2D eigenvalue weighted by molar-refractivity contribution is 0.00578. The second-order valence-corrected chi connectivity index (χ2v) is 8.37. The largest absolute Gasteiger partial charge is 0.494 e. The van der Waals surface area contributed by atoms with Gasteiger partial charge < -0.3 is 18.9 Å². The number of para-hydroxylation sites is 1. The van der Waals surface area contributed by atoms with E-state index in [-0.39, 0.29) is 18.3 Å². The predicted molar refractivity (Wildman–Crippen MR) is 110 cm³/mol. The summed E-state index contributed by atoms with van der Waals surface area (Å²) in [7, 11) is -0.357. The molecule has 1 fully saturated rings. The van der Waals surface area contributed by atoms with Gasteiger partial charge >= 0.3 is 7.12 Å². The Bertz CT molecular complexity index is 805. The van der Waals surface area contributed by atoms with Crippen LogP contribution in [0.1, 0.15) is 33.3 Å². The third-order valence-electron chi connectivity index (χ3n) is 6.00. The summed E-state index contributed by atoms with van der Waals surface area (Å²) < 4.78 is 18.3. The minimum absolute atomic E-state index is 0.336. The average molecular weight is 365 g/mol. The number of hydrogen-bond donors (Lipinski definition) is 0. The molecule has 0 unspecified atom stereocenters. The van der Waals surface area contributed by atoms with E-state index in [4.69, 9.17) is 14.0 Å². The van der Waals surface area contributed by atoms with Gasteiger partial charge in [-0.15, -0.1) is 0 Å². The molecule has 0 aromatic heterocycles. The van der Waals surface area contributed by atoms with E-state index in [0.717, 1.165) is 30.7 Å². The van der Waals surface area contributed by atoms with E-state index in [1.807, 2.05) is 24.3 Å². The molecule has 0 bridgehead atoms. The predicted octanol–water partition coefficient (Wildman–Crippen LogP) is 3.43. The Hall–Kier alpha value is -1.98. The van der Waals surface area contributed by atoms with Crippen LogP contribution in [0.3, 0.4) is 0 Å². The zero-order valence-corrected chi connectivity index (χ0v) is 16.7. The van der Waals surface area contributed by atoms with Gasteiger partial charge in [0.25, 0.3) is 0 Å². The highest BCUT2D eigenvalue weighted by molar-refractivity contribution is 6.62. The highest BCUT2D eigenvalue weighted by atomic mass is 16.7. The van der Waals surface area contributed by atoms with E-state index < -0.39 is 0 Å². The topological polar surface area (TPSA) is 30.9 Å². The van der Waals surface area contributed by atoms with Crippen molar-refractivity contribution in [3.8, 4) is 5.75 Å². The van der Waals surface area contributed by atoms with E-state index in [1.165, 1.54) is 11.3 Å². The Morgan fingerprint density at radius 3 is 2.52 bits per heavy atom. The van der Waals surface area contributed by atoms with Crippen LogP contribution in [0, 0.1) is 0 Å². The van der Waals surface area contributed by atoms with Crippen LogP contribution in [0.5, 0.6) is 5.75 Å². The third-order valence-corrected chi connectivity index (χ3v) is 6.00. The van der Waals surface area contributed by atoms with E-state index in [1.54, 1.807) is 0 Å². The first kappa shape index (κ1) is 18.4. The van der Waals surface area contributed by atoms with Crippen LogP contribution >= 0.6 is 0 Å². The van der Waals surface area contributed by atoms with Crippen molar-refractivity contribution in [3.05, 3.63) is 54.1 Å². The normalized spacial score (nSPS) is 20.0. The number of fused-ring (bicyclic) bond motifs is 1. The maximum atomic E-state index is 6.14. The SMILES string of the molecule is CC1(C)OB(c2cccc(OCCN3CCc4ccccc43)c2)OC1(C)C. The van der Waals surface area contributed by atoms with Crippen LogP contribution in [-0.4, -0.2) is 38.0 Å². The van der Waals surface area contributed by atoms with Gasteiger partial charge in [0.05, 0.1) is 17.7 Å². The van der Waals surface area contributed by atoms with Crippen LogP contribution in [0.15, 0.2) is 48.5 Å². The molecule has 2 aliphatic rings. The van der Waals surface area contributed by atoms with Crippen molar-refractivity contribution >= 4 is 18.3 Å². The molecule has 2 aromatic carbocycles. The van der Waals surface area contributed by atoms with Gasteiger partial charge in [-0.25, -0.2) is 0 Å². The molecule has 2 heterocycles. The van der Waals surface area contributed by atoms with Gasteiger partial charge in [0, 0.05) is 12.2 Å². The fraction of sp³-hybridized carbons (Fsp3) is 0.455. The fourth-order valence-corrected chi connectivity index (χ4v) is 3.64. The molecule has 0 spiro atoms. The number of hydrogen-bond acceptors (Lipinski definition) is 4. The van der Waals surface area contributed by atoms with Gasteiger partial charge in [-0.05, 0) is 63.3 Å². The van der Waals surface area contributed by atoms with Crippen molar-refractivity contribution in [2.24, 2.45) is 0 Å². The molecule has 4 rings (SSSR count). The molecule has 27 heavy (non-hydrogen) atoms. The van der Waals surface area contributed by atoms with Gasteiger partial charge in [0.2, 0.25) is 0 Å². The zero-order chi connectivity index (χ0) is 19.1. The van der Waals surface area contributed by atoms with Crippen LogP contribution in [-0.2, 0) is 15.7 Å². The lowest BCUT2D eigenvalue weighted by atomic mass is 9.79. The summed E-state index contributed by atoms with van der Waals surface area (Å²) in [4.78, 5) is 2.40. The molecule has 1 saturated heterocycles. The summed E-state index contributed by atoms with van der Waals surface area (Å²) in [6, 6.07) is 16.7. The first-order valence-electron chi connectivity index (χ1n) is 9.77. The van der Waals surface area contributed by atoms with Crippen LogP contribution in [0.25, 0.3) is 0 Å². The number of benzene rings is 2. The highest BCUT2D eigenvalue weighted by Crippen LogP contribution is 2.36. The molecule has 0 saturated carbocycles. The Kier molecular flexibility index (Phi) is 4.69. The Morgan fingerprint density at radius 1 is 1.00 bits per heavy atom. The molecular formula is C22H28BNO3. The van der Waals surface area contributed by atoms with Gasteiger partial charge in [-0.3, -0.25) is 0 Å². The zero-order valence-electron chi connectivity index (χ0n) is 16.7. The van der Waals surface area contributed by atoms with Crippen molar-refractivity contribution in [1.29, 1.82) is 0 Å². The van der Waals surface area contributed by atoms with Crippen molar-refractivity contribution in [1.82, 2.24) is 0 Å². The van der Waals surface area contributed by atoms with Crippen LogP contribution < -0.4 is 15.1 Å². The molecular weight excluding hydrogens is 337 g/mol. The summed E-state index contributed by atoms with van der Waals surface area (Å²) >= 11 is 0. The number of anilines is 1. The Balaban J connectivity index is 1.37. The van der Waals surface area contributed by atoms with Gasteiger partial charge in [-0.1, -0.05) is 30.3 Å². The number of nitrogens with zero attached hydrogens (tertiary/aromatic N) is 1. The van der Waals surface area contributed by atoms with Crippen molar-refractivity contribution in [3.63, 3.8) is 0 Å². The van der Waals surface area contributed by atoms with Gasteiger partial charge in [0.15, 0.2) is 0 Å². The summed E-state index contributed by atoms with van der Waals surface area (Å²) in [6.07, 6.45) is 1.12. The molecule has 0 amide bonds. The average Bonchev–Trinajstić information content (AvgIpc) is 3.13. The fourth-order valence-electron chi connectivity index (χ4n) is 3.64. The van der Waals surface area contributed by atoms with Crippen LogP contribution in [0.4, 0.5) is 5.69 Å². The monoisotopic (exact) mass is 365 g/mol. The van der Waals surface area contributed by atoms with Gasteiger partial charge in [0.1, 0.15) is 12.4 Å². The molecule has 142 valence electrons. The minimum Gasteiger partial charge on any atom is -0.492 e. The first-order valence-corrected chi connectivity index (χ1v) is 9.77. The maximum absolute atomic E-state index is 6.14. The van der Waals surface area contributed by atoms with E-state index >= 15 is 0 Å². The van der Waals surface area contributed by atoms with Crippen molar-refractivity contribution in [2.45, 2.75) is 45.3 Å². The summed E-state index contributed by atoms with van der Waals surface area (Å²) in [5.41, 5.74) is 3.10. The maximum Gasteiger partial charge on any atom is 0.494 e. The molecule has 0 radical (unpaired) electrons. The second-order valence-electron chi connectivity index (χ2n) is 8.37. The minimum atomic E-state index is -0.357. The van der Waals surface area contributed by atoms with Crippen molar-refractivity contribution in [2.75, 3.05) is 24.6 Å². The summed E-state index contributed by atoms with van der Waals surface area (Å²) in [5, 5.41) is 0. The molecule has 5 heteroatoms. The summed E-state index contributed by atoms with van der Waals surface area (Å²) in [6.45, 7) is 10.9. The van der Waals surface area contributed by atoms with Crippen molar-refractivity contribution < 1.29 is 14.0 Å². The molecule has 2 aliphatic heterocycles. The van der Waals surface area contributed by atoms with E-state index in [9.17, 15) is 0 Å². The lowest BCUT2D eigenvalue weighted by Crippen LogP contribution is -2.41. The smallest absolute Gasteiger partial charge is 0.492 e.